The average molecular weight is 194 g/mol. The molecule has 0 spiro atoms. The highest BCUT2D eigenvalue weighted by Gasteiger charge is 2.39. The molecule has 3 heterocycles. The van der Waals surface area contributed by atoms with Crippen molar-refractivity contribution in [2.24, 2.45) is 0 Å². The zero-order valence-electron chi connectivity index (χ0n) is 8.61. The number of hydrogen-bond donors (Lipinski definition) is 0. The van der Waals surface area contributed by atoms with Gasteiger partial charge in [0.2, 0.25) is 0 Å². The van der Waals surface area contributed by atoms with Crippen molar-refractivity contribution in [1.82, 2.24) is 9.80 Å². The van der Waals surface area contributed by atoms with Crippen LogP contribution in [-0.2, 0) is 0 Å². The summed E-state index contributed by atoms with van der Waals surface area (Å²) in [6.45, 7) is 2.01. The van der Waals surface area contributed by atoms with Crippen LogP contribution in [0, 0.1) is 0 Å². The van der Waals surface area contributed by atoms with Crippen molar-refractivity contribution in [3.05, 3.63) is 0 Å². The van der Waals surface area contributed by atoms with Crippen LogP contribution in [0.3, 0.4) is 0 Å². The van der Waals surface area contributed by atoms with Gasteiger partial charge in [-0.05, 0) is 38.5 Å². The number of nitrogens with zero attached hydrogens (tertiary/aromatic N) is 2. The molecule has 2 atom stereocenters. The first-order valence-electron chi connectivity index (χ1n) is 5.93. The smallest absolute Gasteiger partial charge is 0.320 e. The Morgan fingerprint density at radius 3 is 1.86 bits per heavy atom. The van der Waals surface area contributed by atoms with E-state index in [0.29, 0.717) is 18.1 Å². The van der Waals surface area contributed by atoms with Gasteiger partial charge in [0, 0.05) is 25.2 Å². The molecule has 78 valence electrons. The SMILES string of the molecule is O=C1N2CCCC2CCC2CCCN12. The van der Waals surface area contributed by atoms with E-state index in [1.165, 1.54) is 38.5 Å². The fourth-order valence-electron chi connectivity index (χ4n) is 3.33. The zero-order valence-corrected chi connectivity index (χ0v) is 8.61. The lowest BCUT2D eigenvalue weighted by molar-refractivity contribution is 0.157. The van der Waals surface area contributed by atoms with Gasteiger partial charge >= 0.3 is 6.03 Å². The van der Waals surface area contributed by atoms with Crippen LogP contribution < -0.4 is 0 Å². The molecule has 0 radical (unpaired) electrons. The summed E-state index contributed by atoms with van der Waals surface area (Å²) in [5, 5.41) is 0. The zero-order chi connectivity index (χ0) is 9.54. The molecule has 0 N–H and O–H groups in total. The van der Waals surface area contributed by atoms with E-state index in [4.69, 9.17) is 0 Å². The normalized spacial score (nSPS) is 37.0. The molecule has 0 aliphatic carbocycles. The van der Waals surface area contributed by atoms with Gasteiger partial charge < -0.3 is 9.80 Å². The van der Waals surface area contributed by atoms with Crippen molar-refractivity contribution in [1.29, 1.82) is 0 Å². The number of fused-ring (bicyclic) bond motifs is 2. The monoisotopic (exact) mass is 194 g/mol. The van der Waals surface area contributed by atoms with Gasteiger partial charge in [0.05, 0.1) is 0 Å². The van der Waals surface area contributed by atoms with E-state index in [1.54, 1.807) is 0 Å². The van der Waals surface area contributed by atoms with Crippen molar-refractivity contribution in [3.8, 4) is 0 Å². The van der Waals surface area contributed by atoms with E-state index in [1.807, 2.05) is 0 Å². The highest BCUT2D eigenvalue weighted by atomic mass is 16.2. The minimum atomic E-state index is 0.340. The van der Waals surface area contributed by atoms with Crippen LogP contribution in [-0.4, -0.2) is 41.0 Å². The van der Waals surface area contributed by atoms with Gasteiger partial charge in [-0.1, -0.05) is 0 Å². The molecular weight excluding hydrogens is 176 g/mol. The number of carbonyl (C=O) groups is 1. The number of urea groups is 1. The summed E-state index contributed by atoms with van der Waals surface area (Å²) in [6, 6.07) is 1.49. The van der Waals surface area contributed by atoms with Crippen molar-refractivity contribution in [2.45, 2.75) is 50.6 Å². The Labute approximate surface area is 85.1 Å². The standard InChI is InChI=1S/C11H18N2O/c14-11-12-7-1-3-9(12)5-6-10-4-2-8-13(10)11/h9-10H,1-8H2. The molecule has 2 amide bonds. The van der Waals surface area contributed by atoms with Gasteiger partial charge in [-0.3, -0.25) is 0 Å². The fraction of sp³-hybridized carbons (Fsp3) is 0.909. The van der Waals surface area contributed by atoms with Gasteiger partial charge in [-0.2, -0.15) is 0 Å². The van der Waals surface area contributed by atoms with Crippen LogP contribution in [0.25, 0.3) is 0 Å². The van der Waals surface area contributed by atoms with Crippen molar-refractivity contribution in [3.63, 3.8) is 0 Å². The van der Waals surface area contributed by atoms with E-state index in [2.05, 4.69) is 9.80 Å². The molecular formula is C11H18N2O. The molecule has 3 aliphatic heterocycles. The predicted molar refractivity (Wildman–Crippen MR) is 54.1 cm³/mol. The molecule has 3 rings (SSSR count). The summed E-state index contributed by atoms with van der Waals surface area (Å²) in [7, 11) is 0. The highest BCUT2D eigenvalue weighted by Crippen LogP contribution is 2.32. The number of carbonyl (C=O) groups excluding carboxylic acids is 1. The molecule has 0 aromatic rings. The molecule has 3 nitrogen and oxygen atoms in total. The van der Waals surface area contributed by atoms with Gasteiger partial charge in [0.25, 0.3) is 0 Å². The average Bonchev–Trinajstić information content (AvgIpc) is 2.81. The van der Waals surface area contributed by atoms with Crippen LogP contribution in [0.5, 0.6) is 0 Å². The molecule has 14 heavy (non-hydrogen) atoms. The maximum atomic E-state index is 12.2. The Balaban J connectivity index is 1.85. The quantitative estimate of drug-likeness (QED) is 0.577. The van der Waals surface area contributed by atoms with Crippen LogP contribution >= 0.6 is 0 Å². The topological polar surface area (TPSA) is 23.6 Å². The van der Waals surface area contributed by atoms with E-state index in [0.717, 1.165) is 13.1 Å². The first-order valence-corrected chi connectivity index (χ1v) is 5.93. The van der Waals surface area contributed by atoms with Gasteiger partial charge in [0.15, 0.2) is 0 Å². The lowest BCUT2D eigenvalue weighted by atomic mass is 10.0. The summed E-state index contributed by atoms with van der Waals surface area (Å²) < 4.78 is 0. The molecule has 0 bridgehead atoms. The number of hydrogen-bond acceptors (Lipinski definition) is 1. The Morgan fingerprint density at radius 2 is 1.36 bits per heavy atom. The first kappa shape index (κ1) is 8.57. The van der Waals surface area contributed by atoms with Crippen LogP contribution in [0.4, 0.5) is 4.79 Å². The second-order valence-electron chi connectivity index (χ2n) is 4.84. The van der Waals surface area contributed by atoms with E-state index >= 15 is 0 Å². The van der Waals surface area contributed by atoms with Gasteiger partial charge in [0.1, 0.15) is 0 Å². The van der Waals surface area contributed by atoms with Gasteiger partial charge in [-0.25, -0.2) is 4.79 Å². The van der Waals surface area contributed by atoms with Crippen LogP contribution in [0.2, 0.25) is 0 Å². The summed E-state index contributed by atoms with van der Waals surface area (Å²) in [5.74, 6) is 0. The fourth-order valence-corrected chi connectivity index (χ4v) is 3.33. The van der Waals surface area contributed by atoms with Gasteiger partial charge in [-0.15, -0.1) is 0 Å². The van der Waals surface area contributed by atoms with E-state index < -0.39 is 0 Å². The molecule has 3 heteroatoms. The Hall–Kier alpha value is -0.730. The maximum Gasteiger partial charge on any atom is 0.320 e. The Kier molecular flexibility index (Phi) is 1.92. The molecule has 2 unspecified atom stereocenters. The molecule has 0 aromatic carbocycles. The van der Waals surface area contributed by atoms with Crippen LogP contribution in [0.1, 0.15) is 38.5 Å². The Morgan fingerprint density at radius 1 is 0.857 bits per heavy atom. The van der Waals surface area contributed by atoms with Crippen molar-refractivity contribution >= 4 is 6.03 Å². The maximum absolute atomic E-state index is 12.2. The lowest BCUT2D eigenvalue weighted by Gasteiger charge is -2.27. The highest BCUT2D eigenvalue weighted by molar-refractivity contribution is 5.76. The first-order chi connectivity index (χ1) is 6.86. The van der Waals surface area contributed by atoms with Crippen LogP contribution in [0.15, 0.2) is 0 Å². The van der Waals surface area contributed by atoms with E-state index in [9.17, 15) is 4.79 Å². The minimum Gasteiger partial charge on any atom is -0.322 e. The summed E-state index contributed by atoms with van der Waals surface area (Å²) in [5.41, 5.74) is 0. The molecule has 3 fully saturated rings. The summed E-state index contributed by atoms with van der Waals surface area (Å²) in [6.07, 6.45) is 7.41. The third kappa shape index (κ3) is 1.14. The third-order valence-corrected chi connectivity index (χ3v) is 4.08. The molecule has 3 saturated heterocycles. The van der Waals surface area contributed by atoms with Crippen molar-refractivity contribution in [2.75, 3.05) is 13.1 Å². The largest absolute Gasteiger partial charge is 0.322 e. The molecule has 3 aliphatic rings. The lowest BCUT2D eigenvalue weighted by Crippen LogP contribution is -2.44. The summed E-state index contributed by atoms with van der Waals surface area (Å²) >= 11 is 0. The van der Waals surface area contributed by atoms with Crippen molar-refractivity contribution < 1.29 is 4.79 Å². The predicted octanol–water partition coefficient (Wildman–Crippen LogP) is 1.83. The minimum absolute atomic E-state index is 0.340. The number of amides is 2. The third-order valence-electron chi connectivity index (χ3n) is 4.08. The second-order valence-corrected chi connectivity index (χ2v) is 4.84. The molecule has 0 saturated carbocycles. The second kappa shape index (κ2) is 3.14. The molecule has 0 aromatic heterocycles. The van der Waals surface area contributed by atoms with E-state index in [-0.39, 0.29) is 0 Å². The Bertz CT molecular complexity index is 230. The number of rotatable bonds is 0. The summed E-state index contributed by atoms with van der Waals surface area (Å²) in [4.78, 5) is 16.4.